The Morgan fingerprint density at radius 3 is 2.50 bits per heavy atom. The second-order valence-electron chi connectivity index (χ2n) is 7.49. The highest BCUT2D eigenvalue weighted by atomic mass is 19.3. The molecule has 0 N–H and O–H groups in total. The van der Waals surface area contributed by atoms with E-state index in [1.54, 1.807) is 31.0 Å². The number of carbonyl (C=O) groups is 1. The standard InChI is InChI=1S/C24H29F2N3O3/c1-5-31-22-14-19(8-10-21(22)32-24(25)26)15-28(4)16-23(30)29(12-6-11-27)20-9-7-17(2)18(3)13-20/h7-10,13-14,24H,5-6,12,15-16H2,1-4H3. The first-order chi connectivity index (χ1) is 15.2. The number of aryl methyl sites for hydroxylation is 2. The Bertz CT molecular complexity index is 960. The summed E-state index contributed by atoms with van der Waals surface area (Å²) in [6.45, 7) is 3.94. The third kappa shape index (κ3) is 7.20. The van der Waals surface area contributed by atoms with Gasteiger partial charge in [0.1, 0.15) is 0 Å². The van der Waals surface area contributed by atoms with Crippen LogP contribution in [0.3, 0.4) is 0 Å². The fourth-order valence-corrected chi connectivity index (χ4v) is 3.25. The number of hydrogen-bond donors (Lipinski definition) is 0. The summed E-state index contributed by atoms with van der Waals surface area (Å²) in [4.78, 5) is 16.5. The van der Waals surface area contributed by atoms with Gasteiger partial charge in [-0.3, -0.25) is 9.69 Å². The molecule has 0 saturated carbocycles. The first-order valence-corrected chi connectivity index (χ1v) is 10.4. The van der Waals surface area contributed by atoms with Gasteiger partial charge in [-0.25, -0.2) is 0 Å². The fourth-order valence-electron chi connectivity index (χ4n) is 3.25. The van der Waals surface area contributed by atoms with Crippen molar-refractivity contribution in [3.8, 4) is 17.6 Å². The summed E-state index contributed by atoms with van der Waals surface area (Å²) in [7, 11) is 1.80. The molecule has 8 heteroatoms. The van der Waals surface area contributed by atoms with Crippen LogP contribution in [0, 0.1) is 25.2 Å². The van der Waals surface area contributed by atoms with Crippen LogP contribution in [-0.2, 0) is 11.3 Å². The molecular weight excluding hydrogens is 416 g/mol. The molecule has 0 unspecified atom stereocenters. The second-order valence-corrected chi connectivity index (χ2v) is 7.49. The number of rotatable bonds is 11. The molecule has 172 valence electrons. The summed E-state index contributed by atoms with van der Waals surface area (Å²) in [5, 5.41) is 9.00. The summed E-state index contributed by atoms with van der Waals surface area (Å²) in [6, 6.07) is 12.6. The highest BCUT2D eigenvalue weighted by Gasteiger charge is 2.19. The van der Waals surface area contributed by atoms with Crippen LogP contribution in [0.15, 0.2) is 36.4 Å². The van der Waals surface area contributed by atoms with Gasteiger partial charge in [-0.15, -0.1) is 0 Å². The number of ether oxygens (including phenoxy) is 2. The Kier molecular flexibility index (Phi) is 9.41. The highest BCUT2D eigenvalue weighted by molar-refractivity contribution is 5.95. The lowest BCUT2D eigenvalue weighted by molar-refractivity contribution is -0.119. The fraction of sp³-hybridized carbons (Fsp3) is 0.417. The predicted octanol–water partition coefficient (Wildman–Crippen LogP) is 4.68. The van der Waals surface area contributed by atoms with E-state index in [-0.39, 0.29) is 30.4 Å². The number of alkyl halides is 2. The lowest BCUT2D eigenvalue weighted by Gasteiger charge is -2.26. The van der Waals surface area contributed by atoms with Gasteiger partial charge in [0.05, 0.1) is 25.6 Å². The molecule has 0 radical (unpaired) electrons. The molecule has 2 aromatic carbocycles. The van der Waals surface area contributed by atoms with E-state index in [0.717, 1.165) is 22.4 Å². The molecule has 6 nitrogen and oxygen atoms in total. The third-order valence-electron chi connectivity index (χ3n) is 4.93. The van der Waals surface area contributed by atoms with Gasteiger partial charge in [-0.05, 0) is 68.8 Å². The van der Waals surface area contributed by atoms with Crippen LogP contribution >= 0.6 is 0 Å². The van der Waals surface area contributed by atoms with E-state index in [9.17, 15) is 13.6 Å². The Balaban J connectivity index is 2.12. The average Bonchev–Trinajstić information content (AvgIpc) is 2.72. The first-order valence-electron chi connectivity index (χ1n) is 10.4. The van der Waals surface area contributed by atoms with Crippen molar-refractivity contribution in [1.82, 2.24) is 4.90 Å². The molecule has 0 spiro atoms. The summed E-state index contributed by atoms with van der Waals surface area (Å²) >= 11 is 0. The number of anilines is 1. The van der Waals surface area contributed by atoms with Crippen molar-refractivity contribution in [3.05, 3.63) is 53.1 Å². The maximum Gasteiger partial charge on any atom is 0.387 e. The van der Waals surface area contributed by atoms with Gasteiger partial charge >= 0.3 is 6.61 Å². The SMILES string of the molecule is CCOc1cc(CN(C)CC(=O)N(CCC#N)c2ccc(C)c(C)c2)ccc1OC(F)F. The monoisotopic (exact) mass is 445 g/mol. The van der Waals surface area contributed by atoms with Crippen LogP contribution in [0.25, 0.3) is 0 Å². The summed E-state index contributed by atoms with van der Waals surface area (Å²) in [5.41, 5.74) is 3.75. The van der Waals surface area contributed by atoms with Crippen LogP contribution in [0.2, 0.25) is 0 Å². The molecule has 0 atom stereocenters. The minimum Gasteiger partial charge on any atom is -0.490 e. The van der Waals surface area contributed by atoms with E-state index < -0.39 is 6.61 Å². The van der Waals surface area contributed by atoms with Gasteiger partial charge in [-0.1, -0.05) is 12.1 Å². The third-order valence-corrected chi connectivity index (χ3v) is 4.93. The van der Waals surface area contributed by atoms with E-state index in [1.807, 2.05) is 36.9 Å². The van der Waals surface area contributed by atoms with Gasteiger partial charge in [0.25, 0.3) is 0 Å². The smallest absolute Gasteiger partial charge is 0.387 e. The van der Waals surface area contributed by atoms with Crippen molar-refractivity contribution in [2.24, 2.45) is 0 Å². The number of amides is 1. The first kappa shape index (κ1) is 25.1. The van der Waals surface area contributed by atoms with Gasteiger partial charge in [0.15, 0.2) is 11.5 Å². The topological polar surface area (TPSA) is 65.8 Å². The number of hydrogen-bond acceptors (Lipinski definition) is 5. The molecule has 0 heterocycles. The number of halogens is 2. The molecule has 0 aliphatic heterocycles. The van der Waals surface area contributed by atoms with Crippen molar-refractivity contribution < 1.29 is 23.0 Å². The minimum absolute atomic E-state index is 0.0262. The van der Waals surface area contributed by atoms with Gasteiger partial charge in [0.2, 0.25) is 5.91 Å². The van der Waals surface area contributed by atoms with Crippen LogP contribution in [0.5, 0.6) is 11.5 Å². The number of nitrogens with zero attached hydrogens (tertiary/aromatic N) is 3. The largest absolute Gasteiger partial charge is 0.490 e. The van der Waals surface area contributed by atoms with Gasteiger partial charge in [0, 0.05) is 18.8 Å². The molecule has 0 fully saturated rings. The molecular formula is C24H29F2N3O3. The number of nitriles is 1. The summed E-state index contributed by atoms with van der Waals surface area (Å²) < 4.78 is 35.1. The number of likely N-dealkylation sites (N-methyl/N-ethyl adjacent to an activating group) is 1. The summed E-state index contributed by atoms with van der Waals surface area (Å²) in [6.07, 6.45) is 0.228. The van der Waals surface area contributed by atoms with E-state index >= 15 is 0 Å². The van der Waals surface area contributed by atoms with Crippen LogP contribution in [-0.4, -0.2) is 44.2 Å². The zero-order valence-electron chi connectivity index (χ0n) is 18.9. The van der Waals surface area contributed by atoms with Crippen molar-refractivity contribution in [2.45, 2.75) is 40.3 Å². The van der Waals surface area contributed by atoms with E-state index in [4.69, 9.17) is 10.00 Å². The average molecular weight is 446 g/mol. The Morgan fingerprint density at radius 2 is 1.88 bits per heavy atom. The zero-order chi connectivity index (χ0) is 23.7. The Morgan fingerprint density at radius 1 is 1.12 bits per heavy atom. The number of benzene rings is 2. The zero-order valence-corrected chi connectivity index (χ0v) is 18.9. The molecule has 2 aromatic rings. The molecule has 1 amide bonds. The Hall–Kier alpha value is -3.18. The van der Waals surface area contributed by atoms with Crippen molar-refractivity contribution in [1.29, 1.82) is 5.26 Å². The summed E-state index contributed by atoms with van der Waals surface area (Å²) in [5.74, 6) is 0.0752. The van der Waals surface area contributed by atoms with E-state index in [1.165, 1.54) is 6.07 Å². The maximum absolute atomic E-state index is 13.0. The van der Waals surface area contributed by atoms with Crippen LogP contribution < -0.4 is 14.4 Å². The van der Waals surface area contributed by atoms with E-state index in [0.29, 0.717) is 19.7 Å². The van der Waals surface area contributed by atoms with Crippen molar-refractivity contribution in [3.63, 3.8) is 0 Å². The van der Waals surface area contributed by atoms with Crippen LogP contribution in [0.1, 0.15) is 30.0 Å². The molecule has 2 rings (SSSR count). The van der Waals surface area contributed by atoms with E-state index in [2.05, 4.69) is 10.8 Å². The quantitative estimate of drug-likeness (QED) is 0.502. The molecule has 0 saturated heterocycles. The Labute approximate surface area is 187 Å². The van der Waals surface area contributed by atoms with Crippen molar-refractivity contribution in [2.75, 3.05) is 31.6 Å². The lowest BCUT2D eigenvalue weighted by atomic mass is 10.1. The molecule has 0 aliphatic carbocycles. The maximum atomic E-state index is 13.0. The van der Waals surface area contributed by atoms with Gasteiger partial charge in [-0.2, -0.15) is 14.0 Å². The molecule has 0 bridgehead atoms. The minimum atomic E-state index is -2.94. The molecule has 0 aliphatic rings. The lowest BCUT2D eigenvalue weighted by Crippen LogP contribution is -2.39. The second kappa shape index (κ2) is 12.0. The molecule has 32 heavy (non-hydrogen) atoms. The number of carbonyl (C=O) groups excluding carboxylic acids is 1. The van der Waals surface area contributed by atoms with Crippen molar-refractivity contribution >= 4 is 11.6 Å². The predicted molar refractivity (Wildman–Crippen MR) is 119 cm³/mol. The highest BCUT2D eigenvalue weighted by Crippen LogP contribution is 2.30. The van der Waals surface area contributed by atoms with Crippen LogP contribution in [0.4, 0.5) is 14.5 Å². The normalized spacial score (nSPS) is 10.8. The molecule has 0 aromatic heterocycles. The van der Waals surface area contributed by atoms with Gasteiger partial charge < -0.3 is 14.4 Å².